The number of benzene rings is 2. The van der Waals surface area contributed by atoms with Crippen LogP contribution in [0, 0.1) is 11.6 Å². The molecule has 3 nitrogen and oxygen atoms in total. The van der Waals surface area contributed by atoms with Crippen molar-refractivity contribution < 1.29 is 13.6 Å². The summed E-state index contributed by atoms with van der Waals surface area (Å²) in [6.45, 7) is 0. The molecule has 0 spiro atoms. The standard InChI is InChI=1S/C15H10F2N2OS2/c1-21-10-4-2-8(3-5-10)14(20)19-15-18-13-11(17)6-9(16)7-12(13)22-15/h2-7H,1H3,(H,18,19,20). The molecule has 0 aliphatic rings. The van der Waals surface area contributed by atoms with Gasteiger partial charge in [0.2, 0.25) is 0 Å². The normalized spacial score (nSPS) is 10.9. The molecule has 0 saturated carbocycles. The van der Waals surface area contributed by atoms with E-state index in [0.29, 0.717) is 10.3 Å². The van der Waals surface area contributed by atoms with E-state index >= 15 is 0 Å². The molecule has 3 aromatic rings. The number of carbonyl (C=O) groups excluding carboxylic acids is 1. The molecule has 22 heavy (non-hydrogen) atoms. The van der Waals surface area contributed by atoms with E-state index in [1.807, 2.05) is 18.4 Å². The summed E-state index contributed by atoms with van der Waals surface area (Å²) in [4.78, 5) is 17.2. The molecule has 2 aromatic carbocycles. The Hall–Kier alpha value is -1.99. The first-order valence-corrected chi connectivity index (χ1v) is 8.32. The van der Waals surface area contributed by atoms with E-state index in [4.69, 9.17) is 0 Å². The molecule has 3 rings (SSSR count). The van der Waals surface area contributed by atoms with Crippen LogP contribution in [0.3, 0.4) is 0 Å². The van der Waals surface area contributed by atoms with Gasteiger partial charge in [0.15, 0.2) is 10.9 Å². The molecule has 1 amide bonds. The smallest absolute Gasteiger partial charge is 0.257 e. The van der Waals surface area contributed by atoms with Crippen LogP contribution in [-0.4, -0.2) is 17.1 Å². The van der Waals surface area contributed by atoms with Crippen LogP contribution in [0.1, 0.15) is 10.4 Å². The van der Waals surface area contributed by atoms with Crippen molar-refractivity contribution in [3.8, 4) is 0 Å². The summed E-state index contributed by atoms with van der Waals surface area (Å²) in [6.07, 6.45) is 1.95. The zero-order chi connectivity index (χ0) is 15.7. The summed E-state index contributed by atoms with van der Waals surface area (Å²) in [5.74, 6) is -1.75. The van der Waals surface area contributed by atoms with E-state index in [-0.39, 0.29) is 16.6 Å². The number of aromatic nitrogens is 1. The largest absolute Gasteiger partial charge is 0.298 e. The Kier molecular flexibility index (Phi) is 4.08. The zero-order valence-corrected chi connectivity index (χ0v) is 13.0. The average molecular weight is 336 g/mol. The van der Waals surface area contributed by atoms with Crippen molar-refractivity contribution in [2.24, 2.45) is 0 Å². The van der Waals surface area contributed by atoms with Crippen molar-refractivity contribution >= 4 is 44.4 Å². The van der Waals surface area contributed by atoms with Gasteiger partial charge in [0.1, 0.15) is 11.3 Å². The number of halogens is 2. The lowest BCUT2D eigenvalue weighted by Crippen LogP contribution is -2.11. The Bertz CT molecular complexity index is 847. The quantitative estimate of drug-likeness (QED) is 0.714. The lowest BCUT2D eigenvalue weighted by atomic mass is 10.2. The van der Waals surface area contributed by atoms with Crippen LogP contribution in [0.2, 0.25) is 0 Å². The molecule has 0 bridgehead atoms. The second-order valence-electron chi connectivity index (χ2n) is 4.44. The predicted molar refractivity (Wildman–Crippen MR) is 85.7 cm³/mol. The molecule has 0 saturated heterocycles. The molecular weight excluding hydrogens is 326 g/mol. The van der Waals surface area contributed by atoms with Gasteiger partial charge in [-0.25, -0.2) is 13.8 Å². The Morgan fingerprint density at radius 1 is 1.23 bits per heavy atom. The van der Waals surface area contributed by atoms with Gasteiger partial charge in [-0.15, -0.1) is 11.8 Å². The molecule has 1 aromatic heterocycles. The van der Waals surface area contributed by atoms with Crippen LogP contribution in [0.25, 0.3) is 10.2 Å². The number of anilines is 1. The van der Waals surface area contributed by atoms with Crippen molar-refractivity contribution in [2.45, 2.75) is 4.90 Å². The van der Waals surface area contributed by atoms with Crippen LogP contribution in [0.4, 0.5) is 13.9 Å². The number of carbonyl (C=O) groups is 1. The lowest BCUT2D eigenvalue weighted by molar-refractivity contribution is 0.102. The number of thiazole rings is 1. The highest BCUT2D eigenvalue weighted by Crippen LogP contribution is 2.29. The minimum Gasteiger partial charge on any atom is -0.298 e. The second-order valence-corrected chi connectivity index (χ2v) is 6.35. The van der Waals surface area contributed by atoms with Gasteiger partial charge in [-0.05, 0) is 36.6 Å². The number of hydrogen-bond acceptors (Lipinski definition) is 4. The Morgan fingerprint density at radius 3 is 2.64 bits per heavy atom. The van der Waals surface area contributed by atoms with Crippen LogP contribution in [0.5, 0.6) is 0 Å². The second kappa shape index (κ2) is 6.02. The van der Waals surface area contributed by atoms with E-state index in [1.165, 1.54) is 6.07 Å². The first kappa shape index (κ1) is 14.9. The van der Waals surface area contributed by atoms with Gasteiger partial charge in [0.05, 0.1) is 4.70 Å². The number of thioether (sulfide) groups is 1. The highest BCUT2D eigenvalue weighted by molar-refractivity contribution is 7.98. The summed E-state index contributed by atoms with van der Waals surface area (Å²) in [5.41, 5.74) is 0.531. The van der Waals surface area contributed by atoms with Gasteiger partial charge in [0, 0.05) is 16.5 Å². The lowest BCUT2D eigenvalue weighted by Gasteiger charge is -2.02. The van der Waals surface area contributed by atoms with Gasteiger partial charge >= 0.3 is 0 Å². The fraction of sp³-hybridized carbons (Fsp3) is 0.0667. The highest BCUT2D eigenvalue weighted by atomic mass is 32.2. The number of nitrogens with one attached hydrogen (secondary N) is 1. The number of rotatable bonds is 3. The van der Waals surface area contributed by atoms with E-state index in [0.717, 1.165) is 22.3 Å². The van der Waals surface area contributed by atoms with Crippen molar-refractivity contribution in [3.63, 3.8) is 0 Å². The third-order valence-electron chi connectivity index (χ3n) is 2.99. The van der Waals surface area contributed by atoms with Crippen LogP contribution < -0.4 is 5.32 Å². The monoisotopic (exact) mass is 336 g/mol. The van der Waals surface area contributed by atoms with E-state index in [1.54, 1.807) is 23.9 Å². The summed E-state index contributed by atoms with van der Waals surface area (Å²) in [6, 6.07) is 9.05. The van der Waals surface area contributed by atoms with Crippen LogP contribution in [-0.2, 0) is 0 Å². The van der Waals surface area contributed by atoms with Gasteiger partial charge in [-0.3, -0.25) is 10.1 Å². The molecule has 0 radical (unpaired) electrons. The Labute approximate surface area is 133 Å². The molecule has 1 heterocycles. The van der Waals surface area contributed by atoms with Crippen LogP contribution in [0.15, 0.2) is 41.3 Å². The third kappa shape index (κ3) is 2.95. The molecule has 0 fully saturated rings. The topological polar surface area (TPSA) is 42.0 Å². The fourth-order valence-corrected chi connectivity index (χ4v) is 3.23. The number of nitrogens with zero attached hydrogens (tertiary/aromatic N) is 1. The fourth-order valence-electron chi connectivity index (χ4n) is 1.92. The van der Waals surface area contributed by atoms with Gasteiger partial charge in [0.25, 0.3) is 5.91 Å². The minimum absolute atomic E-state index is 0.0550. The van der Waals surface area contributed by atoms with Crippen molar-refractivity contribution in [1.29, 1.82) is 0 Å². The molecule has 0 atom stereocenters. The average Bonchev–Trinajstić information content (AvgIpc) is 2.90. The SMILES string of the molecule is CSc1ccc(C(=O)Nc2nc3c(F)cc(F)cc3s2)cc1. The first-order chi connectivity index (χ1) is 10.6. The molecular formula is C15H10F2N2OS2. The van der Waals surface area contributed by atoms with Gasteiger partial charge < -0.3 is 0 Å². The summed E-state index contributed by atoms with van der Waals surface area (Å²) in [7, 11) is 0. The van der Waals surface area contributed by atoms with E-state index in [2.05, 4.69) is 10.3 Å². The number of fused-ring (bicyclic) bond motifs is 1. The number of amides is 1. The van der Waals surface area contributed by atoms with Crippen molar-refractivity contribution in [2.75, 3.05) is 11.6 Å². The molecule has 112 valence electrons. The molecule has 7 heteroatoms. The summed E-state index contributed by atoms with van der Waals surface area (Å²) in [5, 5.41) is 2.84. The molecule has 0 unspecified atom stereocenters. The zero-order valence-electron chi connectivity index (χ0n) is 11.4. The van der Waals surface area contributed by atoms with Gasteiger partial charge in [-0.2, -0.15) is 0 Å². The molecule has 1 N–H and O–H groups in total. The minimum atomic E-state index is -0.740. The number of hydrogen-bond donors (Lipinski definition) is 1. The molecule has 0 aliphatic carbocycles. The van der Waals surface area contributed by atoms with E-state index < -0.39 is 11.6 Å². The maximum Gasteiger partial charge on any atom is 0.257 e. The Balaban J connectivity index is 1.85. The maximum atomic E-state index is 13.6. The highest BCUT2D eigenvalue weighted by Gasteiger charge is 2.13. The summed E-state index contributed by atoms with van der Waals surface area (Å²) < 4.78 is 27.1. The molecule has 0 aliphatic heterocycles. The first-order valence-electron chi connectivity index (χ1n) is 6.28. The summed E-state index contributed by atoms with van der Waals surface area (Å²) >= 11 is 2.61. The van der Waals surface area contributed by atoms with E-state index in [9.17, 15) is 13.6 Å². The third-order valence-corrected chi connectivity index (χ3v) is 4.65. The Morgan fingerprint density at radius 2 is 1.95 bits per heavy atom. The van der Waals surface area contributed by atoms with Gasteiger partial charge in [-0.1, -0.05) is 11.3 Å². The maximum absolute atomic E-state index is 13.6. The van der Waals surface area contributed by atoms with Crippen molar-refractivity contribution in [1.82, 2.24) is 4.98 Å². The van der Waals surface area contributed by atoms with Crippen molar-refractivity contribution in [3.05, 3.63) is 53.6 Å². The predicted octanol–water partition coefficient (Wildman–Crippen LogP) is 4.55. The van der Waals surface area contributed by atoms with Crippen LogP contribution >= 0.6 is 23.1 Å².